The largest absolute Gasteiger partial charge is 0.379 e. The molecule has 42 heavy (non-hydrogen) atoms. The standard InChI is InChI=1S/C25H31N7O.C6H5Cl.C2H6/c1-30-8-10-31(11-9-30)24-13-19(17-2-3-17)12-22-14-21(29-32(22)24)16-27-20-6-7-26-23(15-20)28-25(33)18-4-5-18;7-6-4-2-1-3-5-6;1-2/h6-7,12-15,17-18H,2-5,8-11,16H2,1H3,(H2,26,27,28,33);1-5H;1-2H3. The van der Waals surface area contributed by atoms with Gasteiger partial charge in [-0.3, -0.25) is 4.79 Å². The molecule has 2 N–H and O–H groups in total. The fourth-order valence-corrected chi connectivity index (χ4v) is 5.09. The van der Waals surface area contributed by atoms with Crippen LogP contribution in [0.3, 0.4) is 0 Å². The van der Waals surface area contributed by atoms with Gasteiger partial charge in [-0.15, -0.1) is 0 Å². The molecule has 3 aromatic heterocycles. The quantitative estimate of drug-likeness (QED) is 0.251. The minimum atomic E-state index is 0.0721. The zero-order chi connectivity index (χ0) is 29.5. The molecular formula is C33H42ClN7O. The topological polar surface area (TPSA) is 77.8 Å². The van der Waals surface area contributed by atoms with Crippen LogP contribution in [0.2, 0.25) is 5.02 Å². The van der Waals surface area contributed by atoms with Gasteiger partial charge in [-0.1, -0.05) is 43.6 Å². The van der Waals surface area contributed by atoms with Gasteiger partial charge in [0.2, 0.25) is 5.91 Å². The van der Waals surface area contributed by atoms with E-state index in [0.717, 1.165) is 60.9 Å². The lowest BCUT2D eigenvalue weighted by Crippen LogP contribution is -2.45. The predicted octanol–water partition coefficient (Wildman–Crippen LogP) is 6.69. The number of piperazine rings is 1. The van der Waals surface area contributed by atoms with E-state index in [1.54, 1.807) is 6.20 Å². The molecule has 9 heteroatoms. The molecule has 0 unspecified atom stereocenters. The van der Waals surface area contributed by atoms with Gasteiger partial charge in [0.1, 0.15) is 11.6 Å². The maximum Gasteiger partial charge on any atom is 0.228 e. The molecule has 2 saturated carbocycles. The number of carbonyl (C=O) groups is 1. The molecule has 4 aromatic rings. The third kappa shape index (κ3) is 8.01. The Morgan fingerprint density at radius 1 is 0.952 bits per heavy atom. The summed E-state index contributed by atoms with van der Waals surface area (Å²) in [5.41, 5.74) is 4.53. The van der Waals surface area contributed by atoms with Crippen LogP contribution in [0, 0.1) is 5.92 Å². The van der Waals surface area contributed by atoms with Crippen molar-refractivity contribution in [3.05, 3.63) is 83.1 Å². The Hall–Kier alpha value is -3.62. The van der Waals surface area contributed by atoms with E-state index in [0.29, 0.717) is 18.3 Å². The molecule has 2 aliphatic carbocycles. The van der Waals surface area contributed by atoms with Crippen LogP contribution in [0.4, 0.5) is 17.3 Å². The highest BCUT2D eigenvalue weighted by Gasteiger charge is 2.30. The highest BCUT2D eigenvalue weighted by atomic mass is 35.5. The van der Waals surface area contributed by atoms with Crippen molar-refractivity contribution in [2.45, 2.75) is 52.0 Å². The average Bonchev–Trinajstić information content (AvgIpc) is 3.95. The number of aromatic nitrogens is 3. The van der Waals surface area contributed by atoms with E-state index < -0.39 is 0 Å². The highest BCUT2D eigenvalue weighted by molar-refractivity contribution is 6.30. The molecule has 4 heterocycles. The number of amides is 1. The Bertz CT molecular complexity index is 1460. The summed E-state index contributed by atoms with van der Waals surface area (Å²) in [6.07, 6.45) is 6.28. The molecule has 1 aromatic carbocycles. The van der Waals surface area contributed by atoms with Crippen molar-refractivity contribution >= 4 is 40.3 Å². The number of carbonyl (C=O) groups excluding carboxylic acids is 1. The third-order valence-electron chi connectivity index (χ3n) is 7.66. The van der Waals surface area contributed by atoms with E-state index in [1.165, 1.54) is 24.2 Å². The number of anilines is 3. The number of hydrogen-bond acceptors (Lipinski definition) is 6. The first-order chi connectivity index (χ1) is 20.5. The van der Waals surface area contributed by atoms with Crippen LogP contribution in [0.1, 0.15) is 56.7 Å². The van der Waals surface area contributed by atoms with Crippen LogP contribution in [-0.2, 0) is 11.3 Å². The Labute approximate surface area is 254 Å². The van der Waals surface area contributed by atoms with Crippen LogP contribution in [0.5, 0.6) is 0 Å². The monoisotopic (exact) mass is 587 g/mol. The third-order valence-corrected chi connectivity index (χ3v) is 7.91. The molecule has 3 fully saturated rings. The first kappa shape index (κ1) is 29.9. The molecule has 0 bridgehead atoms. The number of benzene rings is 1. The molecule has 0 spiro atoms. The molecule has 0 atom stereocenters. The summed E-state index contributed by atoms with van der Waals surface area (Å²) in [7, 11) is 2.19. The first-order valence-electron chi connectivity index (χ1n) is 15.2. The maximum atomic E-state index is 12.0. The molecular weight excluding hydrogens is 546 g/mol. The Balaban J connectivity index is 0.000000341. The normalized spacial score (nSPS) is 16.6. The summed E-state index contributed by atoms with van der Waals surface area (Å²) in [5.74, 6) is 2.75. The van der Waals surface area contributed by atoms with Crippen molar-refractivity contribution in [3.8, 4) is 0 Å². The molecule has 1 amide bonds. The molecule has 0 radical (unpaired) electrons. The van der Waals surface area contributed by atoms with E-state index in [1.807, 2.05) is 56.3 Å². The minimum absolute atomic E-state index is 0.0721. The number of fused-ring (bicyclic) bond motifs is 1. The molecule has 222 valence electrons. The van der Waals surface area contributed by atoms with Gasteiger partial charge in [-0.05, 0) is 80.6 Å². The summed E-state index contributed by atoms with van der Waals surface area (Å²) in [6, 6.07) is 20.1. The molecule has 7 rings (SSSR count). The number of nitrogens with zero attached hydrogens (tertiary/aromatic N) is 5. The summed E-state index contributed by atoms with van der Waals surface area (Å²) >= 11 is 5.54. The second kappa shape index (κ2) is 14.0. The van der Waals surface area contributed by atoms with Crippen LogP contribution in [0.15, 0.2) is 66.9 Å². The van der Waals surface area contributed by atoms with Crippen LogP contribution >= 0.6 is 11.6 Å². The van der Waals surface area contributed by atoms with Crippen molar-refractivity contribution in [2.24, 2.45) is 5.92 Å². The zero-order valence-electron chi connectivity index (χ0n) is 24.9. The van der Waals surface area contributed by atoms with Crippen molar-refractivity contribution in [1.29, 1.82) is 0 Å². The highest BCUT2D eigenvalue weighted by Crippen LogP contribution is 2.42. The number of nitrogens with one attached hydrogen (secondary N) is 2. The lowest BCUT2D eigenvalue weighted by molar-refractivity contribution is -0.117. The maximum absolute atomic E-state index is 12.0. The Morgan fingerprint density at radius 3 is 2.33 bits per heavy atom. The van der Waals surface area contributed by atoms with Gasteiger partial charge < -0.3 is 20.4 Å². The van der Waals surface area contributed by atoms with Gasteiger partial charge in [-0.25, -0.2) is 9.50 Å². The van der Waals surface area contributed by atoms with Crippen molar-refractivity contribution < 1.29 is 4.79 Å². The van der Waals surface area contributed by atoms with E-state index >= 15 is 0 Å². The first-order valence-corrected chi connectivity index (χ1v) is 15.6. The SMILES string of the molecule is CC.CN1CCN(c2cc(C3CC3)cc3cc(CNc4ccnc(NC(=O)C5CC5)c4)nn23)CC1.Clc1ccccc1. The lowest BCUT2D eigenvalue weighted by atomic mass is 10.1. The second-order valence-corrected chi connectivity index (χ2v) is 11.5. The average molecular weight is 588 g/mol. The van der Waals surface area contributed by atoms with Crippen molar-refractivity contribution in [3.63, 3.8) is 0 Å². The summed E-state index contributed by atoms with van der Waals surface area (Å²) in [5, 5.41) is 12.1. The van der Waals surface area contributed by atoms with E-state index in [-0.39, 0.29) is 11.8 Å². The zero-order valence-corrected chi connectivity index (χ0v) is 25.6. The number of pyridine rings is 2. The molecule has 3 aliphatic rings. The van der Waals surface area contributed by atoms with Crippen LogP contribution < -0.4 is 15.5 Å². The van der Waals surface area contributed by atoms with Crippen LogP contribution in [0.25, 0.3) is 5.52 Å². The minimum Gasteiger partial charge on any atom is -0.379 e. The Kier molecular flexibility index (Phi) is 9.97. The molecule has 1 aliphatic heterocycles. The second-order valence-electron chi connectivity index (χ2n) is 11.0. The van der Waals surface area contributed by atoms with E-state index in [9.17, 15) is 4.79 Å². The van der Waals surface area contributed by atoms with Crippen molar-refractivity contribution in [1.82, 2.24) is 19.5 Å². The van der Waals surface area contributed by atoms with E-state index in [2.05, 4.69) is 55.2 Å². The van der Waals surface area contributed by atoms with Gasteiger partial charge in [0.25, 0.3) is 0 Å². The van der Waals surface area contributed by atoms with Gasteiger partial charge in [0, 0.05) is 55.1 Å². The number of halogens is 1. The van der Waals surface area contributed by atoms with Gasteiger partial charge in [0.05, 0.1) is 17.8 Å². The van der Waals surface area contributed by atoms with Gasteiger partial charge in [0.15, 0.2) is 0 Å². The van der Waals surface area contributed by atoms with Gasteiger partial charge in [-0.2, -0.15) is 5.10 Å². The summed E-state index contributed by atoms with van der Waals surface area (Å²) < 4.78 is 2.11. The fraction of sp³-hybridized carbons (Fsp3) is 0.424. The number of hydrogen-bond donors (Lipinski definition) is 2. The fourth-order valence-electron chi connectivity index (χ4n) is 4.95. The predicted molar refractivity (Wildman–Crippen MR) is 173 cm³/mol. The molecule has 1 saturated heterocycles. The number of likely N-dealkylation sites (N-methyl/N-ethyl adjacent to an activating group) is 1. The number of rotatable bonds is 7. The Morgan fingerprint density at radius 2 is 1.69 bits per heavy atom. The van der Waals surface area contributed by atoms with Crippen LogP contribution in [-0.4, -0.2) is 58.6 Å². The summed E-state index contributed by atoms with van der Waals surface area (Å²) in [4.78, 5) is 21.2. The summed E-state index contributed by atoms with van der Waals surface area (Å²) in [6.45, 7) is 8.82. The van der Waals surface area contributed by atoms with Crippen molar-refractivity contribution in [2.75, 3.05) is 48.8 Å². The van der Waals surface area contributed by atoms with E-state index in [4.69, 9.17) is 16.7 Å². The lowest BCUT2D eigenvalue weighted by Gasteiger charge is -2.34. The van der Waals surface area contributed by atoms with Gasteiger partial charge >= 0.3 is 0 Å². The smallest absolute Gasteiger partial charge is 0.228 e. The molecule has 8 nitrogen and oxygen atoms in total.